The monoisotopic (exact) mass is 593 g/mol. The molecule has 0 fully saturated rings. The van der Waals surface area contributed by atoms with Gasteiger partial charge < -0.3 is 31.1 Å². The molecule has 0 radical (unpaired) electrons. The average molecular weight is 594 g/mol. The highest BCUT2D eigenvalue weighted by Gasteiger charge is 2.30. The number of nitrogens with zero attached hydrogens (tertiary/aromatic N) is 1. The molecule has 3 atom stereocenters. The van der Waals surface area contributed by atoms with Gasteiger partial charge in [0.25, 0.3) is 5.91 Å². The predicted octanol–water partition coefficient (Wildman–Crippen LogP) is 2.87. The molecule has 12 heteroatoms. The lowest BCUT2D eigenvalue weighted by Crippen LogP contribution is -2.57. The van der Waals surface area contributed by atoms with Crippen molar-refractivity contribution >= 4 is 35.0 Å². The first-order valence-electron chi connectivity index (χ1n) is 13.6. The van der Waals surface area contributed by atoms with E-state index >= 15 is 0 Å². The Morgan fingerprint density at radius 2 is 1.74 bits per heavy atom. The first-order chi connectivity index (χ1) is 19.9. The molecule has 5 rings (SSSR count). The smallest absolute Gasteiger partial charge is 0.255 e. The molecule has 42 heavy (non-hydrogen) atoms. The van der Waals surface area contributed by atoms with Crippen molar-refractivity contribution in [2.45, 2.75) is 65.7 Å². The number of thiazole rings is 1. The van der Waals surface area contributed by atoms with Crippen LogP contribution >= 0.6 is 11.3 Å². The molecule has 3 aromatic rings. The summed E-state index contributed by atoms with van der Waals surface area (Å²) in [5, 5.41) is 22.2. The molecule has 0 spiro atoms. The van der Waals surface area contributed by atoms with Gasteiger partial charge in [-0.2, -0.15) is 0 Å². The number of phenols is 1. The maximum absolute atomic E-state index is 13.3. The molecule has 11 nitrogen and oxygen atoms in total. The Kier molecular flexibility index (Phi) is 9.46. The number of carbonyl (C=O) groups is 4. The summed E-state index contributed by atoms with van der Waals surface area (Å²) >= 11 is 1.49. The minimum atomic E-state index is -1.01. The zero-order valence-electron chi connectivity index (χ0n) is 24.1. The fourth-order valence-electron chi connectivity index (χ4n) is 4.48. The van der Waals surface area contributed by atoms with Crippen LogP contribution < -0.4 is 26.0 Å². The van der Waals surface area contributed by atoms with Crippen LogP contribution in [-0.2, 0) is 27.3 Å². The summed E-state index contributed by atoms with van der Waals surface area (Å²) in [4.78, 5) is 58.1. The fraction of sp³-hybridized carbons (Fsp3) is 0.367. The van der Waals surface area contributed by atoms with Gasteiger partial charge in [-0.05, 0) is 62.6 Å². The van der Waals surface area contributed by atoms with Crippen LogP contribution in [0.25, 0.3) is 0 Å². The Hall–Kier alpha value is -4.45. The van der Waals surface area contributed by atoms with Crippen molar-refractivity contribution in [3.63, 3.8) is 0 Å². The zero-order valence-corrected chi connectivity index (χ0v) is 24.9. The van der Waals surface area contributed by atoms with Crippen molar-refractivity contribution in [2.75, 3.05) is 0 Å². The third-order valence-electron chi connectivity index (χ3n) is 6.86. The van der Waals surface area contributed by atoms with Crippen LogP contribution in [0.15, 0.2) is 42.5 Å². The Bertz CT molecular complexity index is 1490. The molecule has 4 bridgehead atoms. The van der Waals surface area contributed by atoms with E-state index in [0.29, 0.717) is 11.5 Å². The second-order valence-corrected chi connectivity index (χ2v) is 11.9. The summed E-state index contributed by atoms with van der Waals surface area (Å²) in [6, 6.07) is 8.27. The van der Waals surface area contributed by atoms with E-state index < -0.39 is 35.8 Å². The van der Waals surface area contributed by atoms with E-state index in [2.05, 4.69) is 26.3 Å². The Labute approximate surface area is 248 Å². The molecule has 3 heterocycles. The maximum atomic E-state index is 13.3. The summed E-state index contributed by atoms with van der Waals surface area (Å²) in [6.45, 7) is 9.04. The second-order valence-electron chi connectivity index (χ2n) is 10.6. The number of ether oxygens (including phenoxy) is 1. The van der Waals surface area contributed by atoms with Gasteiger partial charge in [0.15, 0.2) is 0 Å². The average Bonchev–Trinajstić information content (AvgIpc) is 3.27. The number of phenolic OH excluding ortho intramolecular Hbond substituents is 1. The highest BCUT2D eigenvalue weighted by Crippen LogP contribution is 2.28. The number of amides is 4. The van der Waals surface area contributed by atoms with Crippen molar-refractivity contribution in [1.82, 2.24) is 26.3 Å². The van der Waals surface area contributed by atoms with E-state index in [9.17, 15) is 24.3 Å². The van der Waals surface area contributed by atoms with Gasteiger partial charge in [0, 0.05) is 11.3 Å². The standard InChI is InChI=1S/C30H35N5O6S/c1-15(2)26-30(40)33-17(4)27(37)34-23(29(39)31-14-25-16(3)32-18(5)42-25)12-19-6-8-20(9-7-19)41-21-10-11-24(36)22(13-21)28(38)35-26/h6-11,13,15,17,23,26,36H,12,14H2,1-5H3,(H,31,39)(H,33,40)(H,34,37)(H,35,38)/t17-,23-,26-/m0/s1. The highest BCUT2D eigenvalue weighted by molar-refractivity contribution is 7.11. The Balaban J connectivity index is 1.64. The SMILES string of the molecule is Cc1nc(C)c(CNC(=O)[C@@H]2Cc3ccc(cc3)Oc3ccc(O)c(c3)C(=O)N[C@@H](C(C)C)C(=O)N[C@@H](C)C(=O)N2)s1. The number of hydrogen-bond acceptors (Lipinski definition) is 8. The van der Waals surface area contributed by atoms with Gasteiger partial charge in [-0.3, -0.25) is 19.2 Å². The number of aromatic hydroxyl groups is 1. The molecule has 5 N–H and O–H groups in total. The van der Waals surface area contributed by atoms with Crippen LogP contribution in [0.2, 0.25) is 0 Å². The maximum Gasteiger partial charge on any atom is 0.255 e. The molecule has 0 saturated carbocycles. The third-order valence-corrected chi connectivity index (χ3v) is 7.93. The second kappa shape index (κ2) is 13.0. The number of hydrogen-bond donors (Lipinski definition) is 5. The van der Waals surface area contributed by atoms with E-state index in [-0.39, 0.29) is 36.1 Å². The van der Waals surface area contributed by atoms with E-state index in [4.69, 9.17) is 4.74 Å². The molecule has 4 amide bonds. The van der Waals surface area contributed by atoms with Gasteiger partial charge >= 0.3 is 0 Å². The topological polar surface area (TPSA) is 159 Å². The quantitative estimate of drug-likeness (QED) is 0.291. The van der Waals surface area contributed by atoms with E-state index in [1.54, 1.807) is 38.1 Å². The lowest BCUT2D eigenvalue weighted by molar-refractivity contribution is -0.132. The first kappa shape index (κ1) is 30.5. The number of fused-ring (bicyclic) bond motifs is 11. The number of carbonyl (C=O) groups excluding carboxylic acids is 4. The van der Waals surface area contributed by atoms with Gasteiger partial charge in [-0.1, -0.05) is 26.0 Å². The van der Waals surface area contributed by atoms with Gasteiger partial charge in [-0.25, -0.2) is 4.98 Å². The normalized spacial score (nSPS) is 19.7. The molecular formula is C30H35N5O6S. The van der Waals surface area contributed by atoms with Crippen LogP contribution in [0.3, 0.4) is 0 Å². The van der Waals surface area contributed by atoms with Crippen molar-refractivity contribution in [3.8, 4) is 17.2 Å². The number of benzene rings is 2. The Morgan fingerprint density at radius 3 is 2.38 bits per heavy atom. The summed E-state index contributed by atoms with van der Waals surface area (Å²) < 4.78 is 5.90. The van der Waals surface area contributed by atoms with Crippen LogP contribution in [0.1, 0.15) is 52.3 Å². The largest absolute Gasteiger partial charge is 0.507 e. The number of rotatable bonds is 4. The number of nitrogens with one attached hydrogen (secondary N) is 4. The molecule has 0 aliphatic carbocycles. The van der Waals surface area contributed by atoms with Crippen molar-refractivity contribution in [1.29, 1.82) is 0 Å². The zero-order chi connectivity index (χ0) is 30.6. The number of aryl methyl sites for hydroxylation is 2. The molecule has 2 aliphatic rings. The van der Waals surface area contributed by atoms with Gasteiger partial charge in [0.2, 0.25) is 17.7 Å². The van der Waals surface area contributed by atoms with E-state index in [1.165, 1.54) is 36.5 Å². The summed E-state index contributed by atoms with van der Waals surface area (Å²) in [6.07, 6.45) is 0.188. The summed E-state index contributed by atoms with van der Waals surface area (Å²) in [5.74, 6) is -2.05. The van der Waals surface area contributed by atoms with Crippen LogP contribution in [0.4, 0.5) is 0 Å². The summed E-state index contributed by atoms with van der Waals surface area (Å²) in [7, 11) is 0. The highest BCUT2D eigenvalue weighted by atomic mass is 32.1. The Morgan fingerprint density at radius 1 is 1.05 bits per heavy atom. The molecule has 0 saturated heterocycles. The van der Waals surface area contributed by atoms with Crippen molar-refractivity contribution in [3.05, 3.63) is 69.2 Å². The van der Waals surface area contributed by atoms with Gasteiger partial charge in [0.05, 0.1) is 22.8 Å². The number of aromatic nitrogens is 1. The van der Waals surface area contributed by atoms with Gasteiger partial charge in [-0.15, -0.1) is 11.3 Å². The minimum absolute atomic E-state index is 0.0629. The molecule has 2 aromatic carbocycles. The van der Waals surface area contributed by atoms with Crippen LogP contribution in [0.5, 0.6) is 17.2 Å². The van der Waals surface area contributed by atoms with Crippen LogP contribution in [-0.4, -0.2) is 51.8 Å². The van der Waals surface area contributed by atoms with Gasteiger partial charge in [0.1, 0.15) is 35.4 Å². The van der Waals surface area contributed by atoms with Crippen molar-refractivity contribution in [2.24, 2.45) is 5.92 Å². The third kappa shape index (κ3) is 7.43. The van der Waals surface area contributed by atoms with Crippen molar-refractivity contribution < 1.29 is 29.0 Å². The molecule has 1 aromatic heterocycles. The minimum Gasteiger partial charge on any atom is -0.507 e. The lowest BCUT2D eigenvalue weighted by atomic mass is 10.0. The van der Waals surface area contributed by atoms with E-state index in [1.807, 2.05) is 13.8 Å². The fourth-order valence-corrected chi connectivity index (χ4v) is 5.36. The first-order valence-corrected chi connectivity index (χ1v) is 14.4. The molecule has 2 aliphatic heterocycles. The summed E-state index contributed by atoms with van der Waals surface area (Å²) in [5.41, 5.74) is 1.54. The lowest BCUT2D eigenvalue weighted by Gasteiger charge is -2.25. The predicted molar refractivity (Wildman–Crippen MR) is 157 cm³/mol. The molecule has 222 valence electrons. The molecular weight excluding hydrogens is 558 g/mol. The van der Waals surface area contributed by atoms with Crippen LogP contribution in [0, 0.1) is 19.8 Å². The van der Waals surface area contributed by atoms with E-state index in [0.717, 1.165) is 21.1 Å². The molecule has 0 unspecified atom stereocenters.